The molecule has 29 heavy (non-hydrogen) atoms. The topological polar surface area (TPSA) is 66.9 Å². The Morgan fingerprint density at radius 1 is 1.28 bits per heavy atom. The number of carbonyl (C=O) groups is 3. The van der Waals surface area contributed by atoms with Crippen molar-refractivity contribution in [3.05, 3.63) is 29.3 Å². The van der Waals surface area contributed by atoms with E-state index in [0.29, 0.717) is 32.2 Å². The van der Waals surface area contributed by atoms with Crippen LogP contribution < -0.4 is 4.74 Å². The first kappa shape index (κ1) is 21.3. The lowest BCUT2D eigenvalue weighted by Crippen LogP contribution is -2.52. The molecule has 0 aliphatic carbocycles. The van der Waals surface area contributed by atoms with Crippen LogP contribution in [0, 0.1) is 5.41 Å². The van der Waals surface area contributed by atoms with E-state index in [4.69, 9.17) is 4.74 Å². The number of ketones is 1. The second-order valence-electron chi connectivity index (χ2n) is 8.79. The summed E-state index contributed by atoms with van der Waals surface area (Å²) in [5.41, 5.74) is 1.50. The van der Waals surface area contributed by atoms with Gasteiger partial charge in [0.2, 0.25) is 11.7 Å². The lowest BCUT2D eigenvalue weighted by atomic mass is 9.83. The van der Waals surface area contributed by atoms with E-state index in [9.17, 15) is 14.4 Å². The molecule has 6 nitrogen and oxygen atoms in total. The number of methoxy groups -OCH3 is 1. The van der Waals surface area contributed by atoms with Crippen molar-refractivity contribution in [2.24, 2.45) is 5.41 Å². The highest BCUT2D eigenvalue weighted by atomic mass is 16.5. The van der Waals surface area contributed by atoms with Crippen molar-refractivity contribution >= 4 is 17.6 Å². The van der Waals surface area contributed by atoms with Crippen molar-refractivity contribution in [1.29, 1.82) is 0 Å². The van der Waals surface area contributed by atoms with Crippen LogP contribution >= 0.6 is 0 Å². The van der Waals surface area contributed by atoms with Crippen LogP contribution in [0.2, 0.25) is 0 Å². The number of nitrogens with zero attached hydrogens (tertiary/aromatic N) is 2. The molecule has 2 aliphatic heterocycles. The van der Waals surface area contributed by atoms with Crippen LogP contribution in [0.5, 0.6) is 5.75 Å². The minimum Gasteiger partial charge on any atom is -0.497 e. The van der Waals surface area contributed by atoms with E-state index in [1.165, 1.54) is 5.56 Å². The van der Waals surface area contributed by atoms with Crippen molar-refractivity contribution in [2.75, 3.05) is 20.7 Å². The first-order valence-electron chi connectivity index (χ1n) is 10.5. The maximum atomic E-state index is 13.1. The molecule has 1 aromatic rings. The van der Waals surface area contributed by atoms with E-state index in [-0.39, 0.29) is 23.8 Å². The number of ether oxygens (including phenoxy) is 1. The zero-order valence-electron chi connectivity index (χ0n) is 18.2. The number of fused-ring (bicyclic) bond motifs is 3. The fourth-order valence-electron chi connectivity index (χ4n) is 4.38. The van der Waals surface area contributed by atoms with Gasteiger partial charge in [0.15, 0.2) is 0 Å². The number of Topliss-reactive ketones (excluding diaryl/α,β-unsaturated/α-hetero) is 1. The van der Waals surface area contributed by atoms with E-state index in [0.717, 1.165) is 17.7 Å². The van der Waals surface area contributed by atoms with Crippen molar-refractivity contribution in [2.45, 2.75) is 65.0 Å². The van der Waals surface area contributed by atoms with Gasteiger partial charge in [-0.2, -0.15) is 0 Å². The second kappa shape index (κ2) is 8.17. The Morgan fingerprint density at radius 3 is 2.66 bits per heavy atom. The van der Waals surface area contributed by atoms with Crippen LogP contribution in [0.3, 0.4) is 0 Å². The third-order valence-corrected chi connectivity index (χ3v) is 6.72. The van der Waals surface area contributed by atoms with Gasteiger partial charge in [0.1, 0.15) is 5.75 Å². The van der Waals surface area contributed by atoms with Crippen molar-refractivity contribution in [3.8, 4) is 5.75 Å². The predicted molar refractivity (Wildman–Crippen MR) is 111 cm³/mol. The molecule has 1 saturated heterocycles. The zero-order valence-corrected chi connectivity index (χ0v) is 18.2. The highest BCUT2D eigenvalue weighted by Gasteiger charge is 2.43. The lowest BCUT2D eigenvalue weighted by molar-refractivity contribution is -0.151. The summed E-state index contributed by atoms with van der Waals surface area (Å²) >= 11 is 0. The van der Waals surface area contributed by atoms with E-state index in [1.807, 2.05) is 43.9 Å². The van der Waals surface area contributed by atoms with Gasteiger partial charge in [0.25, 0.3) is 5.91 Å². The molecule has 0 N–H and O–H groups in total. The molecule has 0 radical (unpaired) electrons. The van der Waals surface area contributed by atoms with Gasteiger partial charge in [0.05, 0.1) is 19.2 Å². The van der Waals surface area contributed by atoms with Crippen molar-refractivity contribution in [3.63, 3.8) is 0 Å². The molecule has 0 saturated carbocycles. The zero-order chi connectivity index (χ0) is 21.3. The summed E-state index contributed by atoms with van der Waals surface area (Å²) < 4.78 is 5.42. The summed E-state index contributed by atoms with van der Waals surface area (Å²) in [4.78, 5) is 42.2. The summed E-state index contributed by atoms with van der Waals surface area (Å²) in [6, 6.07) is 5.47. The number of amides is 2. The first-order chi connectivity index (χ1) is 13.7. The Labute approximate surface area is 173 Å². The fraction of sp³-hybridized carbons (Fsp3) is 0.609. The summed E-state index contributed by atoms with van der Waals surface area (Å²) in [6.07, 6.45) is 3.26. The number of hydrogen-bond acceptors (Lipinski definition) is 4. The van der Waals surface area contributed by atoms with Gasteiger partial charge in [-0.25, -0.2) is 0 Å². The van der Waals surface area contributed by atoms with Gasteiger partial charge in [-0.05, 0) is 48.9 Å². The lowest BCUT2D eigenvalue weighted by Gasteiger charge is -2.43. The van der Waals surface area contributed by atoms with Gasteiger partial charge >= 0.3 is 0 Å². The molecule has 2 aliphatic rings. The number of hydrogen-bond donors (Lipinski definition) is 0. The molecule has 2 atom stereocenters. The molecule has 1 aromatic carbocycles. The van der Waals surface area contributed by atoms with Gasteiger partial charge in [-0.3, -0.25) is 14.4 Å². The van der Waals surface area contributed by atoms with Gasteiger partial charge in [-0.15, -0.1) is 0 Å². The molecule has 1 fully saturated rings. The van der Waals surface area contributed by atoms with Crippen LogP contribution in [0.1, 0.15) is 63.6 Å². The summed E-state index contributed by atoms with van der Waals surface area (Å²) in [5.74, 6) is 0.0164. The molecule has 158 valence electrons. The molecule has 0 spiro atoms. The van der Waals surface area contributed by atoms with Crippen LogP contribution in [-0.4, -0.2) is 54.1 Å². The molecule has 3 rings (SSSR count). The standard InChI is InChI=1S/C23H32N2O4/c1-6-23(2,3)21(27)22(28)24(4)18-8-7-9-19(26)25-13-12-15-10-11-16(29-5)14-17(15)20(18)25/h10-11,14,18,20H,6-9,12-13H2,1-5H3. The Hall–Kier alpha value is -2.37. The van der Waals surface area contributed by atoms with E-state index in [1.54, 1.807) is 19.1 Å². The summed E-state index contributed by atoms with van der Waals surface area (Å²) in [7, 11) is 3.33. The number of carbonyl (C=O) groups excluding carboxylic acids is 3. The SMILES string of the molecule is CCC(C)(C)C(=O)C(=O)N(C)C1CCCC(=O)N2CCc3ccc(OC)cc3C12. The van der Waals surface area contributed by atoms with Crippen LogP contribution in [0.4, 0.5) is 0 Å². The van der Waals surface area contributed by atoms with Gasteiger partial charge in [-0.1, -0.05) is 26.8 Å². The highest BCUT2D eigenvalue weighted by Crippen LogP contribution is 2.40. The van der Waals surface area contributed by atoms with Gasteiger partial charge < -0.3 is 14.5 Å². The molecule has 2 amide bonds. The Kier molecular flexibility index (Phi) is 6.01. The van der Waals surface area contributed by atoms with E-state index < -0.39 is 11.3 Å². The van der Waals surface area contributed by atoms with Crippen LogP contribution in [0.15, 0.2) is 18.2 Å². The van der Waals surface area contributed by atoms with E-state index in [2.05, 4.69) is 0 Å². The number of likely N-dealkylation sites (N-methyl/N-ethyl adjacent to an activating group) is 1. The van der Waals surface area contributed by atoms with Crippen molar-refractivity contribution in [1.82, 2.24) is 9.80 Å². The van der Waals surface area contributed by atoms with Crippen LogP contribution in [0.25, 0.3) is 0 Å². The minimum atomic E-state index is -0.695. The highest BCUT2D eigenvalue weighted by molar-refractivity contribution is 6.37. The maximum Gasteiger partial charge on any atom is 0.290 e. The molecule has 0 bridgehead atoms. The summed E-state index contributed by atoms with van der Waals surface area (Å²) in [6.45, 7) is 6.17. The largest absolute Gasteiger partial charge is 0.497 e. The van der Waals surface area contributed by atoms with Gasteiger partial charge in [0, 0.05) is 25.4 Å². The Balaban J connectivity index is 2.01. The molecular formula is C23H32N2O4. The van der Waals surface area contributed by atoms with Crippen molar-refractivity contribution < 1.29 is 19.1 Å². The smallest absolute Gasteiger partial charge is 0.290 e. The normalized spacial score (nSPS) is 21.7. The average molecular weight is 401 g/mol. The third-order valence-electron chi connectivity index (χ3n) is 6.72. The summed E-state index contributed by atoms with van der Waals surface area (Å²) in [5, 5.41) is 0. The molecule has 6 heteroatoms. The first-order valence-corrected chi connectivity index (χ1v) is 10.5. The Bertz CT molecular complexity index is 817. The molecule has 2 unspecified atom stereocenters. The Morgan fingerprint density at radius 2 is 2.00 bits per heavy atom. The minimum absolute atomic E-state index is 0.118. The monoisotopic (exact) mass is 400 g/mol. The average Bonchev–Trinajstić information content (AvgIpc) is 2.90. The third kappa shape index (κ3) is 3.89. The second-order valence-corrected chi connectivity index (χ2v) is 8.79. The number of rotatable bonds is 5. The van der Waals surface area contributed by atoms with E-state index >= 15 is 0 Å². The predicted octanol–water partition coefficient (Wildman–Crippen LogP) is 3.14. The molecule has 0 aromatic heterocycles. The fourth-order valence-corrected chi connectivity index (χ4v) is 4.38. The quantitative estimate of drug-likeness (QED) is 0.712. The molecular weight excluding hydrogens is 368 g/mol. The van der Waals surface area contributed by atoms with Crippen LogP contribution in [-0.2, 0) is 20.8 Å². The maximum absolute atomic E-state index is 13.1. The number of benzene rings is 1. The molecule has 2 heterocycles.